The summed E-state index contributed by atoms with van der Waals surface area (Å²) in [5.74, 6) is 0. The highest BCUT2D eigenvalue weighted by Crippen LogP contribution is 2.44. The van der Waals surface area contributed by atoms with Gasteiger partial charge in [0.15, 0.2) is 0 Å². The van der Waals surface area contributed by atoms with Crippen LogP contribution in [-0.2, 0) is 0 Å². The van der Waals surface area contributed by atoms with Crippen molar-refractivity contribution >= 4 is 21.5 Å². The van der Waals surface area contributed by atoms with E-state index in [0.717, 1.165) is 22.4 Å². The van der Waals surface area contributed by atoms with E-state index in [1.807, 2.05) is 24.4 Å². The molecular formula is C42H28N2. The second-order valence-corrected chi connectivity index (χ2v) is 11.0. The van der Waals surface area contributed by atoms with Crippen molar-refractivity contribution in [1.82, 2.24) is 9.97 Å². The molecule has 2 nitrogen and oxygen atoms in total. The van der Waals surface area contributed by atoms with Crippen molar-refractivity contribution in [3.05, 3.63) is 170 Å². The second kappa shape index (κ2) is 11.1. The Morgan fingerprint density at radius 3 is 1.43 bits per heavy atom. The van der Waals surface area contributed by atoms with Gasteiger partial charge in [0.2, 0.25) is 0 Å². The molecule has 2 heteroatoms. The summed E-state index contributed by atoms with van der Waals surface area (Å²) in [7, 11) is 0. The average Bonchev–Trinajstić information content (AvgIpc) is 3.11. The molecule has 44 heavy (non-hydrogen) atoms. The van der Waals surface area contributed by atoms with Crippen LogP contribution in [0.5, 0.6) is 0 Å². The zero-order chi connectivity index (χ0) is 29.3. The van der Waals surface area contributed by atoms with Gasteiger partial charge in [0.1, 0.15) is 6.33 Å². The fourth-order valence-electron chi connectivity index (χ4n) is 6.40. The molecule has 8 aromatic rings. The first kappa shape index (κ1) is 25.8. The van der Waals surface area contributed by atoms with Crippen LogP contribution in [0.2, 0.25) is 0 Å². The number of hydrogen-bond donors (Lipinski definition) is 0. The molecule has 0 saturated carbocycles. The van der Waals surface area contributed by atoms with Crippen LogP contribution in [0.15, 0.2) is 170 Å². The molecule has 0 atom stereocenters. The lowest BCUT2D eigenvalue weighted by molar-refractivity contribution is 1.17. The van der Waals surface area contributed by atoms with Crippen molar-refractivity contribution in [2.45, 2.75) is 0 Å². The normalized spacial score (nSPS) is 11.2. The molecule has 0 bridgehead atoms. The zero-order valence-corrected chi connectivity index (χ0v) is 24.1. The van der Waals surface area contributed by atoms with Crippen molar-refractivity contribution < 1.29 is 0 Å². The standard InChI is InChI=1S/C42H28N2/c1-4-12-31(13-5-1)40-35-18-10-11-19-36(35)41(32-14-6-2-7-15-32)38-26-34(24-25-37(38)40)29-20-22-30(23-21-29)39-27-43-28-44-42(39)33-16-8-3-9-17-33/h1-28H. The Balaban J connectivity index is 1.32. The smallest absolute Gasteiger partial charge is 0.116 e. The van der Waals surface area contributed by atoms with E-state index in [4.69, 9.17) is 0 Å². The van der Waals surface area contributed by atoms with Crippen molar-refractivity contribution in [2.24, 2.45) is 0 Å². The first-order valence-corrected chi connectivity index (χ1v) is 14.9. The Hall–Kier alpha value is -5.86. The Bertz CT molecular complexity index is 2240. The third-order valence-corrected chi connectivity index (χ3v) is 8.44. The Morgan fingerprint density at radius 1 is 0.341 bits per heavy atom. The lowest BCUT2D eigenvalue weighted by Gasteiger charge is -2.18. The Kier molecular flexibility index (Phi) is 6.51. The average molecular weight is 561 g/mol. The van der Waals surface area contributed by atoms with Crippen LogP contribution in [0.25, 0.3) is 77.3 Å². The topological polar surface area (TPSA) is 25.8 Å². The largest absolute Gasteiger partial charge is 0.244 e. The molecule has 0 amide bonds. The van der Waals surface area contributed by atoms with Crippen LogP contribution < -0.4 is 0 Å². The van der Waals surface area contributed by atoms with E-state index < -0.39 is 0 Å². The SMILES string of the molecule is c1ccc(-c2ncncc2-c2ccc(-c3ccc4c(-c5ccccc5)c5ccccc5c(-c5ccccc5)c4c3)cc2)cc1. The van der Waals surface area contributed by atoms with E-state index >= 15 is 0 Å². The summed E-state index contributed by atoms with van der Waals surface area (Å²) in [5, 5.41) is 5.03. The van der Waals surface area contributed by atoms with Gasteiger partial charge in [-0.3, -0.25) is 0 Å². The number of fused-ring (bicyclic) bond motifs is 2. The molecule has 0 aliphatic heterocycles. The fraction of sp³-hybridized carbons (Fsp3) is 0. The monoisotopic (exact) mass is 560 g/mol. The van der Waals surface area contributed by atoms with Gasteiger partial charge in [-0.1, -0.05) is 152 Å². The summed E-state index contributed by atoms with van der Waals surface area (Å²) in [4.78, 5) is 8.97. The van der Waals surface area contributed by atoms with Gasteiger partial charge in [0, 0.05) is 17.3 Å². The minimum absolute atomic E-state index is 0.937. The Morgan fingerprint density at radius 2 is 0.818 bits per heavy atom. The van der Waals surface area contributed by atoms with Gasteiger partial charge in [-0.25, -0.2) is 9.97 Å². The number of aromatic nitrogens is 2. The lowest BCUT2D eigenvalue weighted by Crippen LogP contribution is -1.92. The molecular weight excluding hydrogens is 532 g/mol. The van der Waals surface area contributed by atoms with E-state index in [1.165, 1.54) is 54.9 Å². The molecule has 0 saturated heterocycles. The summed E-state index contributed by atoms with van der Waals surface area (Å²) < 4.78 is 0. The van der Waals surface area contributed by atoms with Crippen LogP contribution in [0.4, 0.5) is 0 Å². The summed E-state index contributed by atoms with van der Waals surface area (Å²) in [6.07, 6.45) is 3.52. The molecule has 0 aliphatic carbocycles. The molecule has 0 aliphatic rings. The summed E-state index contributed by atoms with van der Waals surface area (Å²) in [6.45, 7) is 0. The molecule has 0 radical (unpaired) electrons. The number of benzene rings is 7. The van der Waals surface area contributed by atoms with Crippen molar-refractivity contribution in [3.8, 4) is 55.8 Å². The predicted molar refractivity (Wildman–Crippen MR) is 184 cm³/mol. The molecule has 1 heterocycles. The maximum Gasteiger partial charge on any atom is 0.116 e. The molecule has 206 valence electrons. The van der Waals surface area contributed by atoms with Gasteiger partial charge < -0.3 is 0 Å². The van der Waals surface area contributed by atoms with Gasteiger partial charge in [-0.05, 0) is 66.6 Å². The van der Waals surface area contributed by atoms with E-state index in [9.17, 15) is 0 Å². The molecule has 8 rings (SSSR count). The first-order chi connectivity index (χ1) is 21.8. The number of rotatable bonds is 5. The molecule has 0 N–H and O–H groups in total. The van der Waals surface area contributed by atoms with E-state index in [0.29, 0.717) is 0 Å². The Labute approximate surface area is 257 Å². The number of nitrogens with zero attached hydrogens (tertiary/aromatic N) is 2. The highest BCUT2D eigenvalue weighted by molar-refractivity contribution is 6.21. The lowest BCUT2D eigenvalue weighted by atomic mass is 9.85. The summed E-state index contributed by atoms with van der Waals surface area (Å²) in [6, 6.07) is 56.3. The summed E-state index contributed by atoms with van der Waals surface area (Å²) >= 11 is 0. The van der Waals surface area contributed by atoms with Crippen molar-refractivity contribution in [1.29, 1.82) is 0 Å². The van der Waals surface area contributed by atoms with Gasteiger partial charge in [-0.15, -0.1) is 0 Å². The predicted octanol–water partition coefficient (Wildman–Crippen LogP) is 11.1. The zero-order valence-electron chi connectivity index (χ0n) is 24.1. The highest BCUT2D eigenvalue weighted by Gasteiger charge is 2.17. The highest BCUT2D eigenvalue weighted by atomic mass is 14.8. The van der Waals surface area contributed by atoms with Crippen molar-refractivity contribution in [2.75, 3.05) is 0 Å². The third kappa shape index (κ3) is 4.54. The van der Waals surface area contributed by atoms with Gasteiger partial charge in [-0.2, -0.15) is 0 Å². The molecule has 7 aromatic carbocycles. The van der Waals surface area contributed by atoms with Gasteiger partial charge >= 0.3 is 0 Å². The maximum absolute atomic E-state index is 4.63. The van der Waals surface area contributed by atoms with Gasteiger partial charge in [0.25, 0.3) is 0 Å². The molecule has 0 spiro atoms. The summed E-state index contributed by atoms with van der Waals surface area (Å²) in [5.41, 5.74) is 11.5. The van der Waals surface area contributed by atoms with Gasteiger partial charge in [0.05, 0.1) is 5.69 Å². The van der Waals surface area contributed by atoms with Crippen LogP contribution >= 0.6 is 0 Å². The van der Waals surface area contributed by atoms with Crippen LogP contribution in [0.1, 0.15) is 0 Å². The second-order valence-electron chi connectivity index (χ2n) is 11.0. The van der Waals surface area contributed by atoms with E-state index in [-0.39, 0.29) is 0 Å². The van der Waals surface area contributed by atoms with E-state index in [1.54, 1.807) is 6.33 Å². The molecule has 0 unspecified atom stereocenters. The minimum atomic E-state index is 0.937. The molecule has 1 aromatic heterocycles. The minimum Gasteiger partial charge on any atom is -0.244 e. The van der Waals surface area contributed by atoms with Crippen molar-refractivity contribution in [3.63, 3.8) is 0 Å². The van der Waals surface area contributed by atoms with Crippen LogP contribution in [0.3, 0.4) is 0 Å². The first-order valence-electron chi connectivity index (χ1n) is 14.9. The fourth-order valence-corrected chi connectivity index (χ4v) is 6.40. The van der Waals surface area contributed by atoms with Crippen LogP contribution in [0, 0.1) is 0 Å². The third-order valence-electron chi connectivity index (χ3n) is 8.44. The molecule has 0 fully saturated rings. The quantitative estimate of drug-likeness (QED) is 0.196. The van der Waals surface area contributed by atoms with Crippen LogP contribution in [-0.4, -0.2) is 9.97 Å². The number of hydrogen-bond acceptors (Lipinski definition) is 2. The van der Waals surface area contributed by atoms with E-state index in [2.05, 4.69) is 149 Å². The maximum atomic E-state index is 4.63.